The summed E-state index contributed by atoms with van der Waals surface area (Å²) < 4.78 is 37.4. The number of hydrogen-bond donors (Lipinski definition) is 0. The summed E-state index contributed by atoms with van der Waals surface area (Å²) in [6.45, 7) is 0.976. The zero-order valence-corrected chi connectivity index (χ0v) is 16.9. The van der Waals surface area contributed by atoms with Gasteiger partial charge in [-0.25, -0.2) is 12.7 Å². The van der Waals surface area contributed by atoms with Crippen LogP contribution in [0.1, 0.15) is 34.8 Å². The maximum absolute atomic E-state index is 13.1. The van der Waals surface area contributed by atoms with Gasteiger partial charge in [0.1, 0.15) is 24.7 Å². The van der Waals surface area contributed by atoms with Crippen molar-refractivity contribution in [1.82, 2.24) is 9.21 Å². The minimum absolute atomic E-state index is 0.0485. The van der Waals surface area contributed by atoms with Crippen molar-refractivity contribution in [2.24, 2.45) is 0 Å². The number of fused-ring (bicyclic) bond motifs is 2. The van der Waals surface area contributed by atoms with Crippen molar-refractivity contribution in [2.45, 2.75) is 23.8 Å². The Morgan fingerprint density at radius 1 is 1.07 bits per heavy atom. The topological polar surface area (TPSA) is 93.2 Å². The molecule has 3 aliphatic heterocycles. The molecule has 30 heavy (non-hydrogen) atoms. The molecule has 1 saturated heterocycles. The van der Waals surface area contributed by atoms with E-state index in [2.05, 4.69) is 0 Å². The van der Waals surface area contributed by atoms with Crippen molar-refractivity contribution >= 4 is 21.8 Å². The first kappa shape index (κ1) is 18.9. The smallest absolute Gasteiger partial charge is 0.269 e. The molecule has 9 heteroatoms. The molecule has 2 aromatic carbocycles. The molecule has 156 valence electrons. The van der Waals surface area contributed by atoms with Crippen LogP contribution in [-0.4, -0.2) is 55.7 Å². The van der Waals surface area contributed by atoms with E-state index in [0.29, 0.717) is 35.6 Å². The monoisotopic (exact) mass is 428 g/mol. The highest BCUT2D eigenvalue weighted by molar-refractivity contribution is 7.90. The van der Waals surface area contributed by atoms with Gasteiger partial charge in [-0.1, -0.05) is 18.2 Å². The number of ether oxygens (including phenoxy) is 2. The lowest BCUT2D eigenvalue weighted by Gasteiger charge is -2.28. The Morgan fingerprint density at radius 3 is 2.63 bits per heavy atom. The van der Waals surface area contributed by atoms with Crippen LogP contribution in [0.5, 0.6) is 11.5 Å². The number of benzene rings is 2. The fourth-order valence-electron chi connectivity index (χ4n) is 4.28. The van der Waals surface area contributed by atoms with E-state index in [-0.39, 0.29) is 16.5 Å². The van der Waals surface area contributed by atoms with Crippen molar-refractivity contribution in [1.29, 1.82) is 0 Å². The lowest BCUT2D eigenvalue weighted by Crippen LogP contribution is -2.42. The van der Waals surface area contributed by atoms with Crippen LogP contribution in [0.3, 0.4) is 0 Å². The Hall–Kier alpha value is -3.07. The average Bonchev–Trinajstić information content (AvgIpc) is 3.32. The predicted octanol–water partition coefficient (Wildman–Crippen LogP) is 1.97. The van der Waals surface area contributed by atoms with Gasteiger partial charge in [-0.2, -0.15) is 0 Å². The molecule has 0 N–H and O–H groups in total. The molecule has 2 aromatic rings. The number of rotatable bonds is 3. The molecule has 0 aliphatic carbocycles. The molecular weight excluding hydrogens is 408 g/mol. The van der Waals surface area contributed by atoms with Crippen LogP contribution in [-0.2, 0) is 14.8 Å². The second-order valence-electron chi connectivity index (χ2n) is 7.46. The largest absolute Gasteiger partial charge is 0.486 e. The van der Waals surface area contributed by atoms with Crippen LogP contribution in [0.25, 0.3) is 0 Å². The minimum atomic E-state index is -4.01. The second kappa shape index (κ2) is 7.02. The van der Waals surface area contributed by atoms with Gasteiger partial charge < -0.3 is 14.4 Å². The third kappa shape index (κ3) is 2.92. The summed E-state index contributed by atoms with van der Waals surface area (Å²) in [5.41, 5.74) is 1.01. The number of amides is 2. The Balaban J connectivity index is 1.38. The normalized spacial score (nSPS) is 21.6. The molecule has 1 atom stereocenters. The zero-order valence-electron chi connectivity index (χ0n) is 16.1. The predicted molar refractivity (Wildman–Crippen MR) is 106 cm³/mol. The molecule has 0 aromatic heterocycles. The first-order valence-corrected chi connectivity index (χ1v) is 11.3. The lowest BCUT2D eigenvalue weighted by atomic mass is 10.0. The molecule has 2 amide bonds. The molecule has 3 heterocycles. The number of carbonyl (C=O) groups is 2. The van der Waals surface area contributed by atoms with Crippen molar-refractivity contribution in [3.63, 3.8) is 0 Å². The van der Waals surface area contributed by atoms with E-state index in [9.17, 15) is 18.0 Å². The summed E-state index contributed by atoms with van der Waals surface area (Å²) in [4.78, 5) is 27.3. The quantitative estimate of drug-likeness (QED) is 0.742. The standard InChI is InChI=1S/C21H20N2O6S/c24-20(13-23-21(25)15-4-1-2-6-19(15)30(23,26)27)22-9-3-5-16(22)14-7-8-17-18(12-14)29-11-10-28-17/h1-2,4,6-8,12,16H,3,5,9-11,13H2/t16-/m0/s1. The van der Waals surface area contributed by atoms with Gasteiger partial charge in [-0.3, -0.25) is 9.59 Å². The molecule has 8 nitrogen and oxygen atoms in total. The maximum atomic E-state index is 13.1. The average molecular weight is 428 g/mol. The highest BCUT2D eigenvalue weighted by Crippen LogP contribution is 2.38. The fourth-order valence-corrected chi connectivity index (χ4v) is 5.80. The first-order valence-electron chi connectivity index (χ1n) is 9.82. The lowest BCUT2D eigenvalue weighted by molar-refractivity contribution is -0.132. The van der Waals surface area contributed by atoms with Gasteiger partial charge in [0, 0.05) is 6.54 Å². The number of nitrogens with zero attached hydrogens (tertiary/aromatic N) is 2. The van der Waals surface area contributed by atoms with Gasteiger partial charge in [0.2, 0.25) is 5.91 Å². The maximum Gasteiger partial charge on any atom is 0.269 e. The number of likely N-dealkylation sites (tertiary alicyclic amines) is 1. The molecule has 0 saturated carbocycles. The summed E-state index contributed by atoms with van der Waals surface area (Å²) in [6.07, 6.45) is 1.55. The van der Waals surface area contributed by atoms with Crippen molar-refractivity contribution in [3.8, 4) is 11.5 Å². The zero-order chi connectivity index (χ0) is 20.9. The summed E-state index contributed by atoms with van der Waals surface area (Å²) in [5, 5.41) is 0. The number of hydrogen-bond acceptors (Lipinski definition) is 6. The minimum Gasteiger partial charge on any atom is -0.486 e. The van der Waals surface area contributed by atoms with Crippen LogP contribution in [0.2, 0.25) is 0 Å². The summed E-state index contributed by atoms with van der Waals surface area (Å²) in [7, 11) is -4.01. The van der Waals surface area contributed by atoms with Crippen LogP contribution >= 0.6 is 0 Å². The molecule has 0 unspecified atom stereocenters. The van der Waals surface area contributed by atoms with E-state index in [1.54, 1.807) is 17.0 Å². The third-order valence-electron chi connectivity index (χ3n) is 5.72. The van der Waals surface area contributed by atoms with Gasteiger partial charge in [-0.15, -0.1) is 0 Å². The van der Waals surface area contributed by atoms with E-state index in [1.807, 2.05) is 18.2 Å². The summed E-state index contributed by atoms with van der Waals surface area (Å²) in [6, 6.07) is 11.4. The summed E-state index contributed by atoms with van der Waals surface area (Å²) in [5.74, 6) is 0.268. The van der Waals surface area contributed by atoms with Crippen molar-refractivity contribution < 1.29 is 27.5 Å². The van der Waals surface area contributed by atoms with E-state index in [0.717, 1.165) is 18.4 Å². The number of carbonyl (C=O) groups excluding carboxylic acids is 2. The summed E-state index contributed by atoms with van der Waals surface area (Å²) >= 11 is 0. The Labute approximate surface area is 174 Å². The third-order valence-corrected chi connectivity index (χ3v) is 7.50. The highest BCUT2D eigenvalue weighted by atomic mass is 32.2. The van der Waals surface area contributed by atoms with Crippen LogP contribution in [0.15, 0.2) is 47.4 Å². The Morgan fingerprint density at radius 2 is 1.83 bits per heavy atom. The van der Waals surface area contributed by atoms with Crippen molar-refractivity contribution in [3.05, 3.63) is 53.6 Å². The SMILES string of the molecule is O=C(CN1C(=O)c2ccccc2S1(=O)=O)N1CCC[C@H]1c1ccc2c(c1)OCCO2. The first-order chi connectivity index (χ1) is 14.5. The van der Waals surface area contributed by atoms with Crippen LogP contribution in [0, 0.1) is 0 Å². The van der Waals surface area contributed by atoms with Crippen molar-refractivity contribution in [2.75, 3.05) is 26.3 Å². The molecular formula is C21H20N2O6S. The fraction of sp³-hybridized carbons (Fsp3) is 0.333. The van der Waals surface area contributed by atoms with Gasteiger partial charge >= 0.3 is 0 Å². The highest BCUT2D eigenvalue weighted by Gasteiger charge is 2.43. The van der Waals surface area contributed by atoms with E-state index >= 15 is 0 Å². The van der Waals surface area contributed by atoms with E-state index in [4.69, 9.17) is 9.47 Å². The molecule has 0 bridgehead atoms. The molecule has 3 aliphatic rings. The number of sulfonamides is 1. The van der Waals surface area contributed by atoms with E-state index in [1.165, 1.54) is 12.1 Å². The van der Waals surface area contributed by atoms with Gasteiger partial charge in [-0.05, 0) is 42.7 Å². The van der Waals surface area contributed by atoms with Crippen LogP contribution in [0.4, 0.5) is 0 Å². The molecule has 1 fully saturated rings. The van der Waals surface area contributed by atoms with Crippen LogP contribution < -0.4 is 9.47 Å². The van der Waals surface area contributed by atoms with E-state index < -0.39 is 28.4 Å². The van der Waals surface area contributed by atoms with Gasteiger partial charge in [0.05, 0.1) is 11.6 Å². The van der Waals surface area contributed by atoms with Gasteiger partial charge in [0.25, 0.3) is 15.9 Å². The Bertz CT molecular complexity index is 1150. The van der Waals surface area contributed by atoms with Gasteiger partial charge in [0.15, 0.2) is 11.5 Å². The molecule has 0 spiro atoms. The molecule has 5 rings (SSSR count). The Kier molecular flexibility index (Phi) is 4.43. The molecule has 0 radical (unpaired) electrons. The second-order valence-corrected chi connectivity index (χ2v) is 9.29.